The van der Waals surface area contributed by atoms with Crippen LogP contribution in [0, 0.1) is 28.6 Å². The number of hydrogen-bond acceptors (Lipinski definition) is 5. The molecule has 0 amide bonds. The summed E-state index contributed by atoms with van der Waals surface area (Å²) in [5.74, 6) is 2.28. The first kappa shape index (κ1) is 25.2. The van der Waals surface area contributed by atoms with E-state index in [1.54, 1.807) is 5.57 Å². The summed E-state index contributed by atoms with van der Waals surface area (Å²) in [5.41, 5.74) is 9.10. The Bertz CT molecular complexity index is 924. The number of ether oxygens (including phenoxy) is 2. The van der Waals surface area contributed by atoms with Crippen molar-refractivity contribution in [2.24, 2.45) is 34.3 Å². The zero-order chi connectivity index (χ0) is 24.8. The highest BCUT2D eigenvalue weighted by molar-refractivity contribution is 5.30. The van der Waals surface area contributed by atoms with Gasteiger partial charge in [-0.15, -0.1) is 0 Å². The molecular weight excluding hydrogens is 448 g/mol. The molecule has 5 nitrogen and oxygen atoms in total. The van der Waals surface area contributed by atoms with Gasteiger partial charge in [0.25, 0.3) is 0 Å². The van der Waals surface area contributed by atoms with Crippen LogP contribution < -0.4 is 5.73 Å². The molecule has 4 aliphatic carbocycles. The third-order valence-corrected chi connectivity index (χ3v) is 11.6. The predicted molar refractivity (Wildman–Crippen MR) is 143 cm³/mol. The highest BCUT2D eigenvalue weighted by Gasteiger charge is 2.65. The second-order valence-electron chi connectivity index (χ2n) is 13.0. The van der Waals surface area contributed by atoms with E-state index in [0.717, 1.165) is 31.4 Å². The van der Waals surface area contributed by atoms with Crippen molar-refractivity contribution in [1.29, 1.82) is 0 Å². The fourth-order valence-corrected chi connectivity index (χ4v) is 9.69. The summed E-state index contributed by atoms with van der Waals surface area (Å²) in [5, 5.41) is 0. The van der Waals surface area contributed by atoms with Crippen LogP contribution in [0.2, 0.25) is 0 Å². The Morgan fingerprint density at radius 3 is 2.64 bits per heavy atom. The fraction of sp³-hybridized carbons (Fsp3) is 0.806. The van der Waals surface area contributed by atoms with Crippen molar-refractivity contribution in [3.63, 3.8) is 0 Å². The van der Waals surface area contributed by atoms with E-state index in [-0.39, 0.29) is 11.0 Å². The topological polar surface area (TPSA) is 60.9 Å². The van der Waals surface area contributed by atoms with Gasteiger partial charge in [-0.1, -0.05) is 25.5 Å². The highest BCUT2D eigenvalue weighted by Crippen LogP contribution is 2.70. The van der Waals surface area contributed by atoms with Crippen LogP contribution in [0.15, 0.2) is 34.7 Å². The van der Waals surface area contributed by atoms with E-state index in [4.69, 9.17) is 19.6 Å². The van der Waals surface area contributed by atoms with Gasteiger partial charge in [-0.2, -0.15) is 0 Å². The monoisotopic (exact) mass is 496 g/mol. The minimum atomic E-state index is -0.257. The second kappa shape index (κ2) is 9.87. The van der Waals surface area contributed by atoms with E-state index >= 15 is 0 Å². The Labute approximate surface area is 218 Å². The van der Waals surface area contributed by atoms with Crippen LogP contribution in [0.5, 0.6) is 0 Å². The smallest absolute Gasteiger partial charge is 0.102 e. The Kier molecular flexibility index (Phi) is 6.90. The van der Waals surface area contributed by atoms with E-state index in [0.29, 0.717) is 30.6 Å². The molecule has 1 saturated heterocycles. The maximum absolute atomic E-state index is 6.74. The van der Waals surface area contributed by atoms with Crippen LogP contribution in [0.4, 0.5) is 0 Å². The van der Waals surface area contributed by atoms with Crippen molar-refractivity contribution < 1.29 is 13.9 Å². The van der Waals surface area contributed by atoms with Gasteiger partial charge in [-0.3, -0.25) is 0 Å². The number of likely N-dealkylation sites (tertiary alicyclic amines) is 1. The van der Waals surface area contributed by atoms with Gasteiger partial charge in [0.1, 0.15) is 5.60 Å². The summed E-state index contributed by atoms with van der Waals surface area (Å²) >= 11 is 0. The molecular formula is C31H48N2O3. The van der Waals surface area contributed by atoms with Gasteiger partial charge in [0, 0.05) is 24.1 Å². The van der Waals surface area contributed by atoms with E-state index in [1.165, 1.54) is 76.4 Å². The van der Waals surface area contributed by atoms with Gasteiger partial charge in [0.05, 0.1) is 31.8 Å². The summed E-state index contributed by atoms with van der Waals surface area (Å²) in [7, 11) is 0. The molecule has 7 atom stereocenters. The Morgan fingerprint density at radius 1 is 1.03 bits per heavy atom. The quantitative estimate of drug-likeness (QED) is 0.455. The number of rotatable bonds is 8. The molecule has 1 aromatic heterocycles. The lowest BCUT2D eigenvalue weighted by molar-refractivity contribution is -0.164. The highest BCUT2D eigenvalue weighted by atomic mass is 16.5. The fourth-order valence-electron chi connectivity index (χ4n) is 9.69. The summed E-state index contributed by atoms with van der Waals surface area (Å²) < 4.78 is 18.7. The molecule has 3 saturated carbocycles. The molecule has 4 fully saturated rings. The van der Waals surface area contributed by atoms with Gasteiger partial charge in [0.15, 0.2) is 0 Å². The molecule has 200 valence electrons. The summed E-state index contributed by atoms with van der Waals surface area (Å²) in [6.45, 7) is 10.8. The van der Waals surface area contributed by atoms with Gasteiger partial charge < -0.3 is 24.5 Å². The average molecular weight is 497 g/mol. The lowest BCUT2D eigenvalue weighted by atomic mass is 9.46. The Hall–Kier alpha value is -1.14. The zero-order valence-electron chi connectivity index (χ0n) is 22.7. The van der Waals surface area contributed by atoms with E-state index in [2.05, 4.69) is 30.9 Å². The van der Waals surface area contributed by atoms with Gasteiger partial charge in [-0.05, 0) is 107 Å². The molecule has 5 aliphatic rings. The largest absolute Gasteiger partial charge is 0.472 e. The van der Waals surface area contributed by atoms with Crippen molar-refractivity contribution in [2.75, 3.05) is 39.4 Å². The standard InChI is InChI=1S/C31H48N2O3/c1-29-11-7-25(35-20-17-33-15-3-4-16-33)21-23(29)5-6-26-27(29)8-12-30(2)28(26)9-13-31(30,36-19-14-32)24-10-18-34-22-24/h10,18,21-22,25-28H,3-9,11-17,19-20,32H2,1-2H3/t25?,26-,27-,28+,29+,30+,31?/m1/s1. The van der Waals surface area contributed by atoms with Crippen LogP contribution >= 0.6 is 0 Å². The van der Waals surface area contributed by atoms with Crippen LogP contribution in [0.1, 0.15) is 83.6 Å². The van der Waals surface area contributed by atoms with Crippen molar-refractivity contribution in [1.82, 2.24) is 4.90 Å². The third-order valence-electron chi connectivity index (χ3n) is 11.6. The van der Waals surface area contributed by atoms with Crippen LogP contribution in [-0.4, -0.2) is 50.4 Å². The minimum absolute atomic E-state index is 0.140. The molecule has 0 bridgehead atoms. The molecule has 36 heavy (non-hydrogen) atoms. The lowest BCUT2D eigenvalue weighted by Gasteiger charge is -2.60. The maximum Gasteiger partial charge on any atom is 0.102 e. The first-order chi connectivity index (χ1) is 17.5. The molecule has 0 radical (unpaired) electrons. The summed E-state index contributed by atoms with van der Waals surface area (Å²) in [6, 6.07) is 2.14. The number of allylic oxidation sites excluding steroid dienone is 1. The number of furan rings is 1. The first-order valence-corrected chi connectivity index (χ1v) is 14.9. The molecule has 0 spiro atoms. The normalized spacial score (nSPS) is 42.6. The average Bonchev–Trinajstić information content (AvgIpc) is 3.64. The molecule has 2 unspecified atom stereocenters. The molecule has 0 aromatic carbocycles. The van der Waals surface area contributed by atoms with Crippen LogP contribution in [0.3, 0.4) is 0 Å². The molecule has 1 aromatic rings. The third kappa shape index (κ3) is 3.95. The summed E-state index contributed by atoms with van der Waals surface area (Å²) in [6.07, 6.45) is 19.3. The minimum Gasteiger partial charge on any atom is -0.472 e. The molecule has 6 rings (SSSR count). The van der Waals surface area contributed by atoms with Crippen LogP contribution in [0.25, 0.3) is 0 Å². The van der Waals surface area contributed by atoms with Gasteiger partial charge in [0.2, 0.25) is 0 Å². The maximum atomic E-state index is 6.74. The number of hydrogen-bond donors (Lipinski definition) is 1. The number of nitrogens with zero attached hydrogens (tertiary/aromatic N) is 1. The van der Waals surface area contributed by atoms with Crippen molar-refractivity contribution in [3.8, 4) is 0 Å². The van der Waals surface area contributed by atoms with Gasteiger partial charge in [-0.25, -0.2) is 0 Å². The zero-order valence-corrected chi connectivity index (χ0v) is 22.7. The van der Waals surface area contributed by atoms with Crippen LogP contribution in [-0.2, 0) is 15.1 Å². The Morgan fingerprint density at radius 2 is 1.86 bits per heavy atom. The van der Waals surface area contributed by atoms with Crippen molar-refractivity contribution >= 4 is 0 Å². The van der Waals surface area contributed by atoms with E-state index in [1.807, 2.05) is 12.5 Å². The van der Waals surface area contributed by atoms with E-state index < -0.39 is 0 Å². The predicted octanol–water partition coefficient (Wildman–Crippen LogP) is 5.89. The second-order valence-corrected chi connectivity index (χ2v) is 13.0. The number of nitrogens with two attached hydrogens (primary N) is 1. The summed E-state index contributed by atoms with van der Waals surface area (Å²) in [4.78, 5) is 2.56. The van der Waals surface area contributed by atoms with Gasteiger partial charge >= 0.3 is 0 Å². The lowest BCUT2D eigenvalue weighted by Crippen LogP contribution is -2.54. The number of fused-ring (bicyclic) bond motifs is 5. The first-order valence-electron chi connectivity index (χ1n) is 14.9. The molecule has 5 heteroatoms. The SMILES string of the molecule is C[C@]12CCC(OCCN3CCCC3)C=C1CC[C@@H]1[C@H]2CC[C@@]2(C)[C@H]1CCC2(OCCN)c1ccoc1. The Balaban J connectivity index is 1.18. The van der Waals surface area contributed by atoms with E-state index in [9.17, 15) is 0 Å². The molecule has 2 heterocycles. The molecule has 2 N–H and O–H groups in total. The molecule has 1 aliphatic heterocycles. The van der Waals surface area contributed by atoms with Crippen molar-refractivity contribution in [2.45, 2.75) is 89.8 Å². The van der Waals surface area contributed by atoms with Crippen molar-refractivity contribution in [3.05, 3.63) is 35.8 Å².